The summed E-state index contributed by atoms with van der Waals surface area (Å²) in [5.74, 6) is -1.24. The van der Waals surface area contributed by atoms with Crippen molar-refractivity contribution in [2.24, 2.45) is 0 Å². The highest BCUT2D eigenvalue weighted by Crippen LogP contribution is 2.24. The number of para-hydroxylation sites is 1. The zero-order valence-electron chi connectivity index (χ0n) is 15.8. The van der Waals surface area contributed by atoms with Gasteiger partial charge in [-0.1, -0.05) is 36.4 Å². The van der Waals surface area contributed by atoms with Gasteiger partial charge < -0.3 is 14.8 Å². The first-order valence-electron chi connectivity index (χ1n) is 8.89. The lowest BCUT2D eigenvalue weighted by Crippen LogP contribution is -2.49. The zero-order valence-corrected chi connectivity index (χ0v) is 15.8. The van der Waals surface area contributed by atoms with Crippen molar-refractivity contribution in [1.29, 1.82) is 0 Å². The summed E-state index contributed by atoms with van der Waals surface area (Å²) in [6.07, 6.45) is 0.481. The molecule has 1 N–H and O–H groups in total. The minimum Gasteiger partial charge on any atom is -0.468 e. The van der Waals surface area contributed by atoms with Crippen LogP contribution in [0.5, 0.6) is 0 Å². The Balaban J connectivity index is 1.77. The van der Waals surface area contributed by atoms with E-state index in [-0.39, 0.29) is 24.0 Å². The SMILES string of the molecule is COC(=O)c1ccccc1NC(=O)CN1Cc2ccccc2C[C@@H]1C(=O)OC. The number of rotatable bonds is 5. The number of carbonyl (C=O) groups is 3. The molecular weight excluding hydrogens is 360 g/mol. The van der Waals surface area contributed by atoms with Crippen molar-refractivity contribution in [3.05, 3.63) is 65.2 Å². The van der Waals surface area contributed by atoms with E-state index in [1.54, 1.807) is 29.2 Å². The molecule has 3 rings (SSSR count). The summed E-state index contributed by atoms with van der Waals surface area (Å²) in [6.45, 7) is 0.450. The number of esters is 2. The van der Waals surface area contributed by atoms with Gasteiger partial charge in [-0.05, 0) is 29.7 Å². The molecule has 0 aliphatic carbocycles. The third-order valence-corrected chi connectivity index (χ3v) is 4.77. The van der Waals surface area contributed by atoms with Crippen LogP contribution < -0.4 is 5.32 Å². The quantitative estimate of drug-likeness (QED) is 0.797. The fourth-order valence-electron chi connectivity index (χ4n) is 3.37. The largest absolute Gasteiger partial charge is 0.468 e. The van der Waals surface area contributed by atoms with E-state index in [2.05, 4.69) is 5.32 Å². The molecule has 0 fully saturated rings. The molecule has 2 aromatic rings. The predicted molar refractivity (Wildman–Crippen MR) is 103 cm³/mol. The average Bonchev–Trinajstić information content (AvgIpc) is 2.72. The number of fused-ring (bicyclic) bond motifs is 1. The van der Waals surface area contributed by atoms with E-state index in [4.69, 9.17) is 9.47 Å². The monoisotopic (exact) mass is 382 g/mol. The maximum Gasteiger partial charge on any atom is 0.339 e. The highest BCUT2D eigenvalue weighted by Gasteiger charge is 2.33. The third-order valence-electron chi connectivity index (χ3n) is 4.77. The molecule has 7 nitrogen and oxygen atoms in total. The molecule has 1 atom stereocenters. The Morgan fingerprint density at radius 2 is 1.68 bits per heavy atom. The van der Waals surface area contributed by atoms with Gasteiger partial charge >= 0.3 is 11.9 Å². The second kappa shape index (κ2) is 8.67. The molecule has 2 aromatic carbocycles. The Bertz CT molecular complexity index is 896. The second-order valence-electron chi connectivity index (χ2n) is 6.50. The Morgan fingerprint density at radius 1 is 1.00 bits per heavy atom. The number of amides is 1. The number of nitrogens with zero attached hydrogens (tertiary/aromatic N) is 1. The van der Waals surface area contributed by atoms with Gasteiger partial charge in [0.15, 0.2) is 0 Å². The summed E-state index contributed by atoms with van der Waals surface area (Å²) in [6, 6.07) is 13.9. The van der Waals surface area contributed by atoms with Crippen LogP contribution in [0.25, 0.3) is 0 Å². The maximum atomic E-state index is 12.7. The first-order valence-corrected chi connectivity index (χ1v) is 8.89. The summed E-state index contributed by atoms with van der Waals surface area (Å²) in [5.41, 5.74) is 2.79. The Labute approximate surface area is 163 Å². The van der Waals surface area contributed by atoms with Crippen molar-refractivity contribution in [2.45, 2.75) is 19.0 Å². The number of nitrogens with one attached hydrogen (secondary N) is 1. The van der Waals surface area contributed by atoms with Gasteiger partial charge in [0.05, 0.1) is 32.0 Å². The Hall–Kier alpha value is -3.19. The molecule has 0 aromatic heterocycles. The highest BCUT2D eigenvalue weighted by atomic mass is 16.5. The number of hydrogen-bond acceptors (Lipinski definition) is 6. The lowest BCUT2D eigenvalue weighted by Gasteiger charge is -2.34. The number of methoxy groups -OCH3 is 2. The number of benzene rings is 2. The van der Waals surface area contributed by atoms with Gasteiger partial charge in [0, 0.05) is 6.54 Å². The lowest BCUT2D eigenvalue weighted by molar-refractivity contribution is -0.148. The molecule has 0 radical (unpaired) electrons. The van der Waals surface area contributed by atoms with Crippen LogP contribution in [-0.4, -0.2) is 49.6 Å². The molecule has 7 heteroatoms. The van der Waals surface area contributed by atoms with Crippen molar-refractivity contribution < 1.29 is 23.9 Å². The predicted octanol–water partition coefficient (Wildman–Crippen LogP) is 2.01. The van der Waals surface area contributed by atoms with Crippen LogP contribution in [0.2, 0.25) is 0 Å². The molecule has 0 unspecified atom stereocenters. The van der Waals surface area contributed by atoms with E-state index in [0.717, 1.165) is 11.1 Å². The average molecular weight is 382 g/mol. The second-order valence-corrected chi connectivity index (χ2v) is 6.50. The first kappa shape index (κ1) is 19.6. The van der Waals surface area contributed by atoms with Crippen LogP contribution in [0.15, 0.2) is 48.5 Å². The number of carbonyl (C=O) groups excluding carboxylic acids is 3. The molecule has 28 heavy (non-hydrogen) atoms. The van der Waals surface area contributed by atoms with Crippen molar-refractivity contribution in [3.63, 3.8) is 0 Å². The molecule has 1 aliphatic heterocycles. The Kier molecular flexibility index (Phi) is 6.06. The topological polar surface area (TPSA) is 84.9 Å². The minimum absolute atomic E-state index is 0.0103. The molecular formula is C21H22N2O5. The maximum absolute atomic E-state index is 12.7. The molecule has 0 bridgehead atoms. The fourth-order valence-corrected chi connectivity index (χ4v) is 3.37. The number of hydrogen-bond donors (Lipinski definition) is 1. The van der Waals surface area contributed by atoms with Crippen LogP contribution in [0, 0.1) is 0 Å². The van der Waals surface area contributed by atoms with Crippen LogP contribution in [0.1, 0.15) is 21.5 Å². The van der Waals surface area contributed by atoms with Gasteiger partial charge in [0.25, 0.3) is 0 Å². The van der Waals surface area contributed by atoms with E-state index >= 15 is 0 Å². The summed E-state index contributed by atoms with van der Waals surface area (Å²) in [5, 5.41) is 2.74. The summed E-state index contributed by atoms with van der Waals surface area (Å²) in [4.78, 5) is 38.6. The van der Waals surface area contributed by atoms with Crippen molar-refractivity contribution in [1.82, 2.24) is 4.90 Å². The van der Waals surface area contributed by atoms with Crippen LogP contribution >= 0.6 is 0 Å². The molecule has 1 heterocycles. The standard InChI is InChI=1S/C21H22N2O5/c1-27-20(25)16-9-5-6-10-17(16)22-19(24)13-23-12-15-8-4-3-7-14(15)11-18(23)21(26)28-2/h3-10,18H,11-13H2,1-2H3,(H,22,24)/t18-/m1/s1. The number of anilines is 1. The molecule has 1 aliphatic rings. The van der Waals surface area contributed by atoms with Crippen LogP contribution in [0.4, 0.5) is 5.69 Å². The van der Waals surface area contributed by atoms with E-state index in [1.165, 1.54) is 14.2 Å². The van der Waals surface area contributed by atoms with Gasteiger partial charge in [-0.3, -0.25) is 14.5 Å². The summed E-state index contributed by atoms with van der Waals surface area (Å²) < 4.78 is 9.68. The summed E-state index contributed by atoms with van der Waals surface area (Å²) >= 11 is 0. The zero-order chi connectivity index (χ0) is 20.1. The van der Waals surface area contributed by atoms with E-state index in [0.29, 0.717) is 18.7 Å². The molecule has 1 amide bonds. The van der Waals surface area contributed by atoms with Crippen molar-refractivity contribution >= 4 is 23.5 Å². The normalized spacial score (nSPS) is 16.0. The number of ether oxygens (including phenoxy) is 2. The first-order chi connectivity index (χ1) is 13.5. The third kappa shape index (κ3) is 4.20. The van der Waals surface area contributed by atoms with E-state index in [9.17, 15) is 14.4 Å². The minimum atomic E-state index is -0.540. The molecule has 0 spiro atoms. The summed E-state index contributed by atoms with van der Waals surface area (Å²) in [7, 11) is 2.63. The van der Waals surface area contributed by atoms with E-state index in [1.807, 2.05) is 24.3 Å². The molecule has 0 saturated heterocycles. The van der Waals surface area contributed by atoms with Crippen molar-refractivity contribution in [3.8, 4) is 0 Å². The molecule has 146 valence electrons. The van der Waals surface area contributed by atoms with Gasteiger partial charge in [0.1, 0.15) is 6.04 Å². The highest BCUT2D eigenvalue weighted by molar-refractivity contribution is 6.01. The fraction of sp³-hybridized carbons (Fsp3) is 0.286. The smallest absolute Gasteiger partial charge is 0.339 e. The van der Waals surface area contributed by atoms with Gasteiger partial charge in [0.2, 0.25) is 5.91 Å². The van der Waals surface area contributed by atoms with Crippen LogP contribution in [-0.2, 0) is 32.0 Å². The lowest BCUT2D eigenvalue weighted by atomic mass is 9.94. The van der Waals surface area contributed by atoms with Gasteiger partial charge in [-0.15, -0.1) is 0 Å². The molecule has 0 saturated carbocycles. The van der Waals surface area contributed by atoms with E-state index < -0.39 is 12.0 Å². The Morgan fingerprint density at radius 3 is 2.39 bits per heavy atom. The van der Waals surface area contributed by atoms with Crippen LogP contribution in [0.3, 0.4) is 0 Å². The van der Waals surface area contributed by atoms with Gasteiger partial charge in [-0.25, -0.2) is 4.79 Å². The van der Waals surface area contributed by atoms with Crippen molar-refractivity contribution in [2.75, 3.05) is 26.1 Å². The van der Waals surface area contributed by atoms with Gasteiger partial charge in [-0.2, -0.15) is 0 Å².